The maximum atomic E-state index is 7.70. The van der Waals surface area contributed by atoms with Crippen LogP contribution < -0.4 is 10.5 Å². The van der Waals surface area contributed by atoms with Gasteiger partial charge in [-0.05, 0) is 18.1 Å². The highest BCUT2D eigenvalue weighted by Gasteiger charge is 2.16. The van der Waals surface area contributed by atoms with Crippen molar-refractivity contribution in [2.24, 2.45) is 5.73 Å². The van der Waals surface area contributed by atoms with Crippen molar-refractivity contribution in [3.05, 3.63) is 65.7 Å². The summed E-state index contributed by atoms with van der Waals surface area (Å²) in [6, 6.07) is 17.9. The Hall–Kier alpha value is -2.29. The molecule has 0 saturated carbocycles. The van der Waals surface area contributed by atoms with Crippen LogP contribution in [0.5, 0.6) is 5.75 Å². The van der Waals surface area contributed by atoms with Crippen LogP contribution in [0.3, 0.4) is 0 Å². The van der Waals surface area contributed by atoms with Gasteiger partial charge in [-0.3, -0.25) is 5.41 Å². The van der Waals surface area contributed by atoms with Crippen molar-refractivity contribution >= 4 is 5.84 Å². The minimum atomic E-state index is -0.0815. The Kier molecular flexibility index (Phi) is 4.77. The predicted octanol–water partition coefficient (Wildman–Crippen LogP) is 3.70. The molecule has 0 fully saturated rings. The number of nitrogens with one attached hydrogen (secondary N) is 1. The lowest BCUT2D eigenvalue weighted by atomic mass is 9.94. The Morgan fingerprint density at radius 2 is 1.75 bits per heavy atom. The average Bonchev–Trinajstić information content (AvgIpc) is 2.48. The monoisotopic (exact) mass is 268 g/mol. The molecule has 1 unspecified atom stereocenters. The van der Waals surface area contributed by atoms with E-state index in [1.165, 1.54) is 0 Å². The fourth-order valence-electron chi connectivity index (χ4n) is 2.24. The molecule has 0 radical (unpaired) electrons. The fourth-order valence-corrected chi connectivity index (χ4v) is 2.24. The van der Waals surface area contributed by atoms with Gasteiger partial charge in [0.25, 0.3) is 0 Å². The molecule has 0 bridgehead atoms. The number of benzene rings is 2. The Balaban J connectivity index is 2.17. The summed E-state index contributed by atoms with van der Waals surface area (Å²) in [6.07, 6.45) is 0.793. The first-order valence-corrected chi connectivity index (χ1v) is 6.82. The highest BCUT2D eigenvalue weighted by Crippen LogP contribution is 2.29. The highest BCUT2D eigenvalue weighted by atomic mass is 16.5. The predicted molar refractivity (Wildman–Crippen MR) is 82.2 cm³/mol. The largest absolute Gasteiger partial charge is 0.489 e. The van der Waals surface area contributed by atoms with Crippen molar-refractivity contribution in [1.82, 2.24) is 0 Å². The number of para-hydroxylation sites is 1. The van der Waals surface area contributed by atoms with Crippen LogP contribution in [0.1, 0.15) is 30.4 Å². The SMILES string of the molecule is CCC(C(=N)N)c1ccccc1OCc1ccccc1. The van der Waals surface area contributed by atoms with Crippen LogP contribution >= 0.6 is 0 Å². The lowest BCUT2D eigenvalue weighted by molar-refractivity contribution is 0.302. The summed E-state index contributed by atoms with van der Waals surface area (Å²) in [5.41, 5.74) is 7.79. The second kappa shape index (κ2) is 6.75. The summed E-state index contributed by atoms with van der Waals surface area (Å²) in [5.74, 6) is 0.906. The third kappa shape index (κ3) is 3.38. The van der Waals surface area contributed by atoms with E-state index < -0.39 is 0 Å². The van der Waals surface area contributed by atoms with Gasteiger partial charge in [0.2, 0.25) is 0 Å². The summed E-state index contributed by atoms with van der Waals surface area (Å²) in [6.45, 7) is 2.55. The van der Waals surface area contributed by atoms with E-state index in [4.69, 9.17) is 15.9 Å². The van der Waals surface area contributed by atoms with Gasteiger partial charge in [-0.15, -0.1) is 0 Å². The normalized spacial score (nSPS) is 11.8. The molecule has 0 aromatic heterocycles. The Bertz CT molecular complexity index is 566. The zero-order valence-electron chi connectivity index (χ0n) is 11.7. The molecule has 2 aromatic carbocycles. The lowest BCUT2D eigenvalue weighted by Crippen LogP contribution is -2.20. The topological polar surface area (TPSA) is 59.1 Å². The molecule has 104 valence electrons. The summed E-state index contributed by atoms with van der Waals surface area (Å²) in [5, 5.41) is 7.70. The van der Waals surface area contributed by atoms with Crippen LogP contribution in [0.15, 0.2) is 54.6 Å². The average molecular weight is 268 g/mol. The number of hydrogen-bond acceptors (Lipinski definition) is 2. The van der Waals surface area contributed by atoms with Crippen LogP contribution in [0.25, 0.3) is 0 Å². The van der Waals surface area contributed by atoms with Gasteiger partial charge in [0.15, 0.2) is 0 Å². The van der Waals surface area contributed by atoms with Gasteiger partial charge in [-0.25, -0.2) is 0 Å². The summed E-state index contributed by atoms with van der Waals surface area (Å²) in [7, 11) is 0. The van der Waals surface area contributed by atoms with Crippen molar-refractivity contribution in [3.63, 3.8) is 0 Å². The van der Waals surface area contributed by atoms with Gasteiger partial charge in [0, 0.05) is 11.5 Å². The van der Waals surface area contributed by atoms with Crippen molar-refractivity contribution in [2.45, 2.75) is 25.9 Å². The molecule has 20 heavy (non-hydrogen) atoms. The molecule has 0 amide bonds. The molecule has 3 N–H and O–H groups in total. The number of nitrogens with two attached hydrogens (primary N) is 1. The smallest absolute Gasteiger partial charge is 0.123 e. The van der Waals surface area contributed by atoms with Crippen molar-refractivity contribution < 1.29 is 4.74 Å². The van der Waals surface area contributed by atoms with Gasteiger partial charge < -0.3 is 10.5 Å². The number of amidine groups is 1. The van der Waals surface area contributed by atoms with Gasteiger partial charge in [0.1, 0.15) is 12.4 Å². The molecule has 1 atom stereocenters. The maximum absolute atomic E-state index is 7.70. The van der Waals surface area contributed by atoms with Crippen LogP contribution in [-0.4, -0.2) is 5.84 Å². The Morgan fingerprint density at radius 3 is 2.40 bits per heavy atom. The van der Waals surface area contributed by atoms with Crippen molar-refractivity contribution in [2.75, 3.05) is 0 Å². The Morgan fingerprint density at radius 1 is 1.10 bits per heavy atom. The number of hydrogen-bond donors (Lipinski definition) is 2. The molecule has 0 aliphatic carbocycles. The van der Waals surface area contributed by atoms with Gasteiger partial charge in [-0.1, -0.05) is 55.5 Å². The summed E-state index contributed by atoms with van der Waals surface area (Å²) >= 11 is 0. The van der Waals surface area contributed by atoms with E-state index in [9.17, 15) is 0 Å². The van der Waals surface area contributed by atoms with E-state index in [1.807, 2.05) is 61.5 Å². The maximum Gasteiger partial charge on any atom is 0.123 e. The molecule has 2 rings (SSSR count). The molecule has 2 aromatic rings. The van der Waals surface area contributed by atoms with E-state index in [1.54, 1.807) is 0 Å². The number of rotatable bonds is 6. The first-order valence-electron chi connectivity index (χ1n) is 6.82. The molecule has 0 heterocycles. The van der Waals surface area contributed by atoms with E-state index in [2.05, 4.69) is 0 Å². The standard InChI is InChI=1S/C17H20N2O/c1-2-14(17(18)19)15-10-6-7-11-16(15)20-12-13-8-4-3-5-9-13/h3-11,14H,2,12H2,1H3,(H3,18,19). The van der Waals surface area contributed by atoms with E-state index in [0.29, 0.717) is 6.61 Å². The van der Waals surface area contributed by atoms with Gasteiger partial charge in [-0.2, -0.15) is 0 Å². The van der Waals surface area contributed by atoms with E-state index in [0.717, 1.165) is 23.3 Å². The molecule has 0 aliphatic rings. The van der Waals surface area contributed by atoms with Crippen LogP contribution in [0, 0.1) is 5.41 Å². The van der Waals surface area contributed by atoms with Gasteiger partial charge >= 0.3 is 0 Å². The molecule has 3 heteroatoms. The van der Waals surface area contributed by atoms with Crippen LogP contribution in [0.4, 0.5) is 0 Å². The molecular formula is C17H20N2O. The summed E-state index contributed by atoms with van der Waals surface area (Å²) < 4.78 is 5.90. The van der Waals surface area contributed by atoms with Crippen LogP contribution in [0.2, 0.25) is 0 Å². The fraction of sp³-hybridized carbons (Fsp3) is 0.235. The number of ether oxygens (including phenoxy) is 1. The van der Waals surface area contributed by atoms with E-state index in [-0.39, 0.29) is 11.8 Å². The second-order valence-electron chi connectivity index (χ2n) is 4.73. The summed E-state index contributed by atoms with van der Waals surface area (Å²) in [4.78, 5) is 0. The molecular weight excluding hydrogens is 248 g/mol. The van der Waals surface area contributed by atoms with Crippen molar-refractivity contribution in [1.29, 1.82) is 5.41 Å². The quantitative estimate of drug-likeness (QED) is 0.620. The zero-order chi connectivity index (χ0) is 14.4. The third-order valence-electron chi connectivity index (χ3n) is 3.32. The molecule has 3 nitrogen and oxygen atoms in total. The second-order valence-corrected chi connectivity index (χ2v) is 4.73. The Labute approximate surface area is 119 Å². The first-order chi connectivity index (χ1) is 9.72. The lowest BCUT2D eigenvalue weighted by Gasteiger charge is -2.18. The van der Waals surface area contributed by atoms with Crippen LogP contribution in [-0.2, 0) is 6.61 Å². The molecule has 0 saturated heterocycles. The highest BCUT2D eigenvalue weighted by molar-refractivity contribution is 5.85. The molecule has 0 aliphatic heterocycles. The molecule has 0 spiro atoms. The van der Waals surface area contributed by atoms with E-state index >= 15 is 0 Å². The zero-order valence-corrected chi connectivity index (χ0v) is 11.7. The van der Waals surface area contributed by atoms with Crippen molar-refractivity contribution in [3.8, 4) is 5.75 Å². The minimum Gasteiger partial charge on any atom is -0.489 e. The minimum absolute atomic E-state index is 0.0815. The first kappa shape index (κ1) is 14.1. The van der Waals surface area contributed by atoms with Gasteiger partial charge in [0.05, 0.1) is 5.84 Å². The third-order valence-corrected chi connectivity index (χ3v) is 3.32.